The molecule has 3 nitrogen and oxygen atoms in total. The van der Waals surface area contributed by atoms with Gasteiger partial charge in [-0.05, 0) is 25.0 Å². The third kappa shape index (κ3) is 2.75. The van der Waals surface area contributed by atoms with Crippen molar-refractivity contribution in [3.8, 4) is 11.4 Å². The molecular formula is C16H20N2O. The van der Waals surface area contributed by atoms with Gasteiger partial charge in [0.1, 0.15) is 5.82 Å². The summed E-state index contributed by atoms with van der Waals surface area (Å²) in [5.41, 5.74) is 3.91. The van der Waals surface area contributed by atoms with E-state index in [1.54, 1.807) is 6.07 Å². The second-order valence-corrected chi connectivity index (χ2v) is 5.98. The van der Waals surface area contributed by atoms with E-state index in [0.29, 0.717) is 5.82 Å². The largest absolute Gasteiger partial charge is 0.307 e. The molecule has 1 N–H and O–H groups in total. The van der Waals surface area contributed by atoms with Crippen LogP contribution in [0, 0.1) is 13.8 Å². The van der Waals surface area contributed by atoms with Crippen LogP contribution in [0.3, 0.4) is 0 Å². The summed E-state index contributed by atoms with van der Waals surface area (Å²) in [5, 5.41) is 0. The molecule has 19 heavy (non-hydrogen) atoms. The van der Waals surface area contributed by atoms with E-state index in [-0.39, 0.29) is 11.0 Å². The average molecular weight is 256 g/mol. The lowest BCUT2D eigenvalue weighted by atomic mass is 9.92. The van der Waals surface area contributed by atoms with Crippen LogP contribution in [0.1, 0.15) is 37.6 Å². The van der Waals surface area contributed by atoms with Gasteiger partial charge in [-0.15, -0.1) is 0 Å². The number of nitrogens with zero attached hydrogens (tertiary/aromatic N) is 1. The number of benzene rings is 1. The summed E-state index contributed by atoms with van der Waals surface area (Å²) in [5.74, 6) is 0.652. The van der Waals surface area contributed by atoms with Crippen LogP contribution in [0.2, 0.25) is 0 Å². The smallest absolute Gasteiger partial charge is 0.251 e. The van der Waals surface area contributed by atoms with Gasteiger partial charge in [0, 0.05) is 17.0 Å². The molecule has 2 aromatic rings. The third-order valence-electron chi connectivity index (χ3n) is 3.37. The summed E-state index contributed by atoms with van der Waals surface area (Å²) < 4.78 is 0. The Morgan fingerprint density at radius 1 is 1.16 bits per heavy atom. The van der Waals surface area contributed by atoms with Gasteiger partial charge in [-0.25, -0.2) is 4.98 Å². The van der Waals surface area contributed by atoms with Gasteiger partial charge < -0.3 is 4.98 Å². The van der Waals surface area contributed by atoms with Crippen molar-refractivity contribution >= 4 is 0 Å². The van der Waals surface area contributed by atoms with E-state index in [1.807, 2.05) is 12.1 Å². The van der Waals surface area contributed by atoms with E-state index in [2.05, 4.69) is 50.7 Å². The Morgan fingerprint density at radius 3 is 2.47 bits per heavy atom. The van der Waals surface area contributed by atoms with E-state index < -0.39 is 0 Å². The van der Waals surface area contributed by atoms with Gasteiger partial charge in [-0.3, -0.25) is 4.79 Å². The van der Waals surface area contributed by atoms with Gasteiger partial charge in [0.2, 0.25) is 0 Å². The van der Waals surface area contributed by atoms with Crippen molar-refractivity contribution in [2.75, 3.05) is 0 Å². The molecule has 0 saturated heterocycles. The Balaban J connectivity index is 2.67. The average Bonchev–Trinajstić information content (AvgIpc) is 2.31. The van der Waals surface area contributed by atoms with Crippen LogP contribution in [0.15, 0.2) is 29.1 Å². The quantitative estimate of drug-likeness (QED) is 0.850. The molecule has 3 heteroatoms. The van der Waals surface area contributed by atoms with E-state index in [4.69, 9.17) is 0 Å². The molecule has 0 aliphatic rings. The molecule has 0 unspecified atom stereocenters. The zero-order chi connectivity index (χ0) is 14.2. The second kappa shape index (κ2) is 4.65. The van der Waals surface area contributed by atoms with E-state index >= 15 is 0 Å². The first-order valence-corrected chi connectivity index (χ1v) is 6.47. The lowest BCUT2D eigenvalue weighted by Gasteiger charge is -2.18. The Morgan fingerprint density at radius 2 is 1.84 bits per heavy atom. The molecule has 0 aliphatic carbocycles. The molecule has 0 atom stereocenters. The van der Waals surface area contributed by atoms with Crippen LogP contribution in [0.25, 0.3) is 11.4 Å². The SMILES string of the molecule is Cc1cccc(-c2nc(C(C)(C)C)cc(=O)[nH]2)c1C. The first kappa shape index (κ1) is 13.5. The van der Waals surface area contributed by atoms with Crippen molar-refractivity contribution in [2.24, 2.45) is 0 Å². The number of hydrogen-bond acceptors (Lipinski definition) is 2. The summed E-state index contributed by atoms with van der Waals surface area (Å²) >= 11 is 0. The van der Waals surface area contributed by atoms with Crippen LogP contribution in [-0.2, 0) is 5.41 Å². The minimum absolute atomic E-state index is 0.101. The molecule has 0 spiro atoms. The molecule has 0 fully saturated rings. The molecule has 1 aromatic carbocycles. The number of hydrogen-bond donors (Lipinski definition) is 1. The molecule has 0 bridgehead atoms. The summed E-state index contributed by atoms with van der Waals surface area (Å²) in [7, 11) is 0. The predicted molar refractivity (Wildman–Crippen MR) is 78.5 cm³/mol. The maximum Gasteiger partial charge on any atom is 0.251 e. The zero-order valence-electron chi connectivity index (χ0n) is 12.2. The van der Waals surface area contributed by atoms with Crippen LogP contribution >= 0.6 is 0 Å². The highest BCUT2D eigenvalue weighted by Crippen LogP contribution is 2.24. The standard InChI is InChI=1S/C16H20N2O/c1-10-7-6-8-12(11(10)2)15-17-13(16(3,4)5)9-14(19)18-15/h6-9H,1-5H3,(H,17,18,19). The van der Waals surface area contributed by atoms with E-state index in [9.17, 15) is 4.79 Å². The summed E-state index contributed by atoms with van der Waals surface area (Å²) in [6.07, 6.45) is 0. The first-order valence-electron chi connectivity index (χ1n) is 6.47. The van der Waals surface area contributed by atoms with E-state index in [1.165, 1.54) is 5.56 Å². The van der Waals surface area contributed by atoms with Crippen molar-refractivity contribution in [1.29, 1.82) is 0 Å². The highest BCUT2D eigenvalue weighted by molar-refractivity contribution is 5.61. The predicted octanol–water partition coefficient (Wildman–Crippen LogP) is 3.35. The zero-order valence-corrected chi connectivity index (χ0v) is 12.2. The van der Waals surface area contributed by atoms with Crippen molar-refractivity contribution in [2.45, 2.75) is 40.0 Å². The summed E-state index contributed by atoms with van der Waals surface area (Å²) in [4.78, 5) is 19.3. The molecule has 0 aliphatic heterocycles. The van der Waals surface area contributed by atoms with Crippen LogP contribution in [0.4, 0.5) is 0 Å². The lowest BCUT2D eigenvalue weighted by Crippen LogP contribution is -2.20. The Labute approximate surface area is 113 Å². The van der Waals surface area contributed by atoms with Crippen molar-refractivity contribution < 1.29 is 0 Å². The molecular weight excluding hydrogens is 236 g/mol. The summed E-state index contributed by atoms with van der Waals surface area (Å²) in [6, 6.07) is 7.62. The lowest BCUT2D eigenvalue weighted by molar-refractivity contribution is 0.566. The second-order valence-electron chi connectivity index (χ2n) is 5.98. The fraction of sp³-hybridized carbons (Fsp3) is 0.375. The van der Waals surface area contributed by atoms with Crippen molar-refractivity contribution in [3.05, 3.63) is 51.4 Å². The van der Waals surface area contributed by atoms with E-state index in [0.717, 1.165) is 16.8 Å². The highest BCUT2D eigenvalue weighted by Gasteiger charge is 2.18. The maximum atomic E-state index is 11.8. The molecule has 100 valence electrons. The molecule has 2 rings (SSSR count). The third-order valence-corrected chi connectivity index (χ3v) is 3.37. The topological polar surface area (TPSA) is 45.8 Å². The molecule has 0 saturated carbocycles. The Hall–Kier alpha value is -1.90. The van der Waals surface area contributed by atoms with Gasteiger partial charge >= 0.3 is 0 Å². The maximum absolute atomic E-state index is 11.8. The number of aromatic amines is 1. The van der Waals surface area contributed by atoms with Gasteiger partial charge in [0.25, 0.3) is 5.56 Å². The van der Waals surface area contributed by atoms with Gasteiger partial charge in [-0.1, -0.05) is 39.0 Å². The van der Waals surface area contributed by atoms with Crippen LogP contribution in [-0.4, -0.2) is 9.97 Å². The Bertz CT molecular complexity index is 663. The van der Waals surface area contributed by atoms with Crippen LogP contribution in [0.5, 0.6) is 0 Å². The van der Waals surface area contributed by atoms with Gasteiger partial charge in [0.15, 0.2) is 0 Å². The number of aromatic nitrogens is 2. The number of H-pyrrole nitrogens is 1. The normalized spacial score (nSPS) is 11.6. The van der Waals surface area contributed by atoms with Crippen LogP contribution < -0.4 is 5.56 Å². The molecule has 1 aromatic heterocycles. The monoisotopic (exact) mass is 256 g/mol. The molecule has 0 amide bonds. The number of nitrogens with one attached hydrogen (secondary N) is 1. The summed E-state index contributed by atoms with van der Waals surface area (Å²) in [6.45, 7) is 10.3. The van der Waals surface area contributed by atoms with Crippen molar-refractivity contribution in [1.82, 2.24) is 9.97 Å². The minimum atomic E-state index is -0.138. The fourth-order valence-corrected chi connectivity index (χ4v) is 1.98. The van der Waals surface area contributed by atoms with Gasteiger partial charge in [-0.2, -0.15) is 0 Å². The fourth-order valence-electron chi connectivity index (χ4n) is 1.98. The van der Waals surface area contributed by atoms with Gasteiger partial charge in [0.05, 0.1) is 5.69 Å². The van der Waals surface area contributed by atoms with Crippen molar-refractivity contribution in [3.63, 3.8) is 0 Å². The Kier molecular flexibility index (Phi) is 3.31. The molecule has 1 heterocycles. The molecule has 0 radical (unpaired) electrons. The highest BCUT2D eigenvalue weighted by atomic mass is 16.1. The minimum Gasteiger partial charge on any atom is -0.307 e. The first-order chi connectivity index (χ1) is 8.79. The number of rotatable bonds is 1. The number of aryl methyl sites for hydroxylation is 1.